The van der Waals surface area contributed by atoms with Crippen LogP contribution in [0.25, 0.3) is 33.5 Å². The third-order valence-corrected chi connectivity index (χ3v) is 6.80. The van der Waals surface area contributed by atoms with Crippen molar-refractivity contribution < 1.29 is 9.47 Å². The summed E-state index contributed by atoms with van der Waals surface area (Å²) in [6.45, 7) is 7.50. The molecule has 0 amide bonds. The van der Waals surface area contributed by atoms with Gasteiger partial charge in [-0.25, -0.2) is 9.97 Å². The minimum absolute atomic E-state index is 0.286. The average Bonchev–Trinajstić information content (AvgIpc) is 3.51. The first-order valence-electron chi connectivity index (χ1n) is 11.8. The second-order valence-electron chi connectivity index (χ2n) is 9.14. The molecule has 0 aliphatic carbocycles. The molecule has 0 saturated carbocycles. The van der Waals surface area contributed by atoms with E-state index in [4.69, 9.17) is 19.4 Å². The lowest BCUT2D eigenvalue weighted by molar-refractivity contribution is 0.174. The third kappa shape index (κ3) is 3.24. The molecule has 6 rings (SSSR count). The lowest BCUT2D eigenvalue weighted by Crippen LogP contribution is -2.06. The van der Waals surface area contributed by atoms with Crippen LogP contribution in [0.3, 0.4) is 0 Å². The predicted molar refractivity (Wildman–Crippen MR) is 135 cm³/mol. The summed E-state index contributed by atoms with van der Waals surface area (Å²) >= 11 is 0. The van der Waals surface area contributed by atoms with Gasteiger partial charge in [0.2, 0.25) is 6.79 Å². The summed E-state index contributed by atoms with van der Waals surface area (Å²) in [7, 11) is 2.08. The van der Waals surface area contributed by atoms with Crippen LogP contribution in [0.2, 0.25) is 0 Å². The zero-order chi connectivity index (χ0) is 23.4. The number of aryl methyl sites for hydroxylation is 4. The lowest BCUT2D eigenvalue weighted by atomic mass is 10.1. The van der Waals surface area contributed by atoms with E-state index in [1.54, 1.807) is 0 Å². The molecule has 0 atom stereocenters. The standard InChI is InChI=1S/C28H28N4O2/c1-5-8-26-30-27-18(3)11-19(28-29-21-9-6-7-10-22(21)31(28)4)13-23(27)32(26)15-20-14-25-24(12-17(20)2)33-16-34-25/h6-7,9-14H,5,8,15-16H2,1-4H3. The molecule has 0 unspecified atom stereocenters. The fraction of sp³-hybridized carbons (Fsp3) is 0.286. The summed E-state index contributed by atoms with van der Waals surface area (Å²) < 4.78 is 15.8. The number of ether oxygens (including phenoxy) is 2. The average molecular weight is 453 g/mol. The molecule has 6 nitrogen and oxygen atoms in total. The Balaban J connectivity index is 1.52. The SMILES string of the molecule is CCCc1nc2c(C)cc(-c3nc4ccccc4n3C)cc2n1Cc1cc2c(cc1C)OCO2. The number of para-hydroxylation sites is 2. The molecule has 0 bridgehead atoms. The van der Waals surface area contributed by atoms with E-state index in [1.165, 1.54) is 11.1 Å². The maximum atomic E-state index is 5.66. The number of hydrogen-bond acceptors (Lipinski definition) is 4. The van der Waals surface area contributed by atoms with Gasteiger partial charge in [-0.2, -0.15) is 0 Å². The molecule has 3 aromatic carbocycles. The number of fused-ring (bicyclic) bond motifs is 3. The van der Waals surface area contributed by atoms with Crippen molar-refractivity contribution in [2.24, 2.45) is 7.05 Å². The van der Waals surface area contributed by atoms with Crippen molar-refractivity contribution >= 4 is 22.1 Å². The molecule has 0 spiro atoms. The van der Waals surface area contributed by atoms with Gasteiger partial charge in [-0.15, -0.1) is 0 Å². The predicted octanol–water partition coefficient (Wildman–Crippen LogP) is 5.94. The minimum Gasteiger partial charge on any atom is -0.454 e. The first-order valence-corrected chi connectivity index (χ1v) is 11.8. The van der Waals surface area contributed by atoms with Crippen LogP contribution in [0.15, 0.2) is 48.5 Å². The quantitative estimate of drug-likeness (QED) is 0.331. The molecular formula is C28H28N4O2. The lowest BCUT2D eigenvalue weighted by Gasteiger charge is -2.13. The third-order valence-electron chi connectivity index (χ3n) is 6.80. The van der Waals surface area contributed by atoms with Crippen LogP contribution in [-0.2, 0) is 20.0 Å². The van der Waals surface area contributed by atoms with Crippen molar-refractivity contribution in [3.05, 3.63) is 71.0 Å². The van der Waals surface area contributed by atoms with Gasteiger partial charge >= 0.3 is 0 Å². The van der Waals surface area contributed by atoms with E-state index in [9.17, 15) is 0 Å². The molecule has 0 radical (unpaired) electrons. The molecule has 172 valence electrons. The Morgan fingerprint density at radius 1 is 0.912 bits per heavy atom. The van der Waals surface area contributed by atoms with E-state index in [2.05, 4.69) is 79.4 Å². The van der Waals surface area contributed by atoms with Crippen LogP contribution in [0.5, 0.6) is 11.5 Å². The molecule has 5 aromatic rings. The number of imidazole rings is 2. The summed E-state index contributed by atoms with van der Waals surface area (Å²) in [6, 6.07) is 16.9. The van der Waals surface area contributed by atoms with E-state index >= 15 is 0 Å². The van der Waals surface area contributed by atoms with Crippen molar-refractivity contribution in [1.82, 2.24) is 19.1 Å². The van der Waals surface area contributed by atoms with Gasteiger partial charge in [0.25, 0.3) is 0 Å². The molecule has 0 N–H and O–H groups in total. The zero-order valence-corrected chi connectivity index (χ0v) is 20.1. The second-order valence-corrected chi connectivity index (χ2v) is 9.14. The number of aromatic nitrogens is 4. The number of benzene rings is 3. The monoisotopic (exact) mass is 452 g/mol. The van der Waals surface area contributed by atoms with Gasteiger partial charge in [-0.05, 0) is 73.4 Å². The van der Waals surface area contributed by atoms with Crippen molar-refractivity contribution in [3.63, 3.8) is 0 Å². The number of rotatable bonds is 5. The van der Waals surface area contributed by atoms with Crippen molar-refractivity contribution in [2.75, 3.05) is 6.79 Å². The Morgan fingerprint density at radius 2 is 1.71 bits per heavy atom. The summed E-state index contributed by atoms with van der Waals surface area (Å²) in [6.07, 6.45) is 1.97. The summed E-state index contributed by atoms with van der Waals surface area (Å²) in [4.78, 5) is 10.0. The number of hydrogen-bond donors (Lipinski definition) is 0. The topological polar surface area (TPSA) is 54.1 Å². The highest BCUT2D eigenvalue weighted by atomic mass is 16.7. The zero-order valence-electron chi connectivity index (χ0n) is 20.1. The van der Waals surface area contributed by atoms with E-state index in [1.807, 2.05) is 6.07 Å². The van der Waals surface area contributed by atoms with Gasteiger partial charge in [0.1, 0.15) is 11.6 Å². The highest BCUT2D eigenvalue weighted by Gasteiger charge is 2.20. The Labute approximate surface area is 198 Å². The van der Waals surface area contributed by atoms with Crippen molar-refractivity contribution in [3.8, 4) is 22.9 Å². The summed E-state index contributed by atoms with van der Waals surface area (Å²) in [5.41, 5.74) is 9.02. The van der Waals surface area contributed by atoms with E-state index < -0.39 is 0 Å². The van der Waals surface area contributed by atoms with Gasteiger partial charge in [-0.3, -0.25) is 0 Å². The molecule has 0 saturated heterocycles. The van der Waals surface area contributed by atoms with Crippen molar-refractivity contribution in [2.45, 2.75) is 40.2 Å². The molecule has 6 heteroatoms. The molecule has 34 heavy (non-hydrogen) atoms. The largest absolute Gasteiger partial charge is 0.454 e. The second kappa shape index (κ2) is 7.90. The van der Waals surface area contributed by atoms with Crippen LogP contribution in [-0.4, -0.2) is 25.9 Å². The summed E-state index contributed by atoms with van der Waals surface area (Å²) in [5.74, 6) is 3.72. The fourth-order valence-electron chi connectivity index (χ4n) is 4.99. The van der Waals surface area contributed by atoms with Gasteiger partial charge in [0.05, 0.1) is 22.1 Å². The molecule has 1 aliphatic heterocycles. The molecular weight excluding hydrogens is 424 g/mol. The van der Waals surface area contributed by atoms with Crippen LogP contribution in [0.1, 0.15) is 35.9 Å². The molecule has 2 aromatic heterocycles. The normalized spacial score (nSPS) is 12.8. The van der Waals surface area contributed by atoms with Gasteiger partial charge in [0.15, 0.2) is 11.5 Å². The van der Waals surface area contributed by atoms with E-state index in [0.29, 0.717) is 0 Å². The van der Waals surface area contributed by atoms with Crippen molar-refractivity contribution in [1.29, 1.82) is 0 Å². The van der Waals surface area contributed by atoms with Crippen LogP contribution < -0.4 is 9.47 Å². The first-order chi connectivity index (χ1) is 16.5. The van der Waals surface area contributed by atoms with Gasteiger partial charge in [-0.1, -0.05) is 19.1 Å². The molecule has 3 heterocycles. The van der Waals surface area contributed by atoms with Crippen LogP contribution in [0, 0.1) is 13.8 Å². The Hall–Kier alpha value is -3.80. The van der Waals surface area contributed by atoms with E-state index in [-0.39, 0.29) is 6.79 Å². The highest BCUT2D eigenvalue weighted by molar-refractivity contribution is 5.87. The Kier molecular flexibility index (Phi) is 4.83. The number of nitrogens with zero attached hydrogens (tertiary/aromatic N) is 4. The Bertz CT molecular complexity index is 1560. The van der Waals surface area contributed by atoms with Gasteiger partial charge < -0.3 is 18.6 Å². The van der Waals surface area contributed by atoms with Crippen LogP contribution in [0.4, 0.5) is 0 Å². The Morgan fingerprint density at radius 3 is 2.50 bits per heavy atom. The smallest absolute Gasteiger partial charge is 0.231 e. The summed E-state index contributed by atoms with van der Waals surface area (Å²) in [5, 5.41) is 0. The minimum atomic E-state index is 0.286. The maximum absolute atomic E-state index is 5.66. The molecule has 0 fully saturated rings. The highest BCUT2D eigenvalue weighted by Crippen LogP contribution is 2.36. The van der Waals surface area contributed by atoms with E-state index in [0.717, 1.165) is 75.7 Å². The fourth-order valence-corrected chi connectivity index (χ4v) is 4.99. The van der Waals surface area contributed by atoms with Crippen LogP contribution >= 0.6 is 0 Å². The van der Waals surface area contributed by atoms with Gasteiger partial charge in [0, 0.05) is 25.6 Å². The maximum Gasteiger partial charge on any atom is 0.231 e. The first kappa shape index (κ1) is 20.8. The molecule has 1 aliphatic rings.